The molecule has 0 spiro atoms. The fourth-order valence-electron chi connectivity index (χ4n) is 2.54. The summed E-state index contributed by atoms with van der Waals surface area (Å²) in [5.41, 5.74) is 4.53. The molecular formula is C14H21N. The number of nitrogens with zero attached hydrogens (tertiary/aromatic N) is 1. The number of hydrogen-bond donors (Lipinski definition) is 0. The number of fused-ring (bicyclic) bond motifs is 1. The van der Waals surface area contributed by atoms with E-state index in [9.17, 15) is 0 Å². The molecule has 1 aliphatic carbocycles. The van der Waals surface area contributed by atoms with Crippen molar-refractivity contribution in [3.05, 3.63) is 29.1 Å². The molecule has 0 unspecified atom stereocenters. The van der Waals surface area contributed by atoms with Crippen molar-refractivity contribution in [3.63, 3.8) is 0 Å². The molecule has 0 aliphatic heterocycles. The summed E-state index contributed by atoms with van der Waals surface area (Å²) in [4.78, 5) is 4.55. The standard InChI is InChI=1S/C14H21N/c1-2-7-14-13-9-6-4-3-5-8-12(13)10-11-15-14/h10-11H,2-9H2,1H3. The topological polar surface area (TPSA) is 12.9 Å². The van der Waals surface area contributed by atoms with Gasteiger partial charge in [-0.05, 0) is 49.3 Å². The summed E-state index contributed by atoms with van der Waals surface area (Å²) in [5, 5.41) is 0. The molecule has 15 heavy (non-hydrogen) atoms. The van der Waals surface area contributed by atoms with Gasteiger partial charge in [0.05, 0.1) is 0 Å². The van der Waals surface area contributed by atoms with Gasteiger partial charge in [0, 0.05) is 11.9 Å². The molecule has 0 bridgehead atoms. The van der Waals surface area contributed by atoms with Crippen molar-refractivity contribution in [1.82, 2.24) is 4.98 Å². The molecule has 1 aromatic heterocycles. The van der Waals surface area contributed by atoms with Gasteiger partial charge in [0.25, 0.3) is 0 Å². The van der Waals surface area contributed by atoms with Crippen LogP contribution in [0, 0.1) is 0 Å². The summed E-state index contributed by atoms with van der Waals surface area (Å²) < 4.78 is 0. The van der Waals surface area contributed by atoms with Crippen molar-refractivity contribution in [1.29, 1.82) is 0 Å². The fraction of sp³-hybridized carbons (Fsp3) is 0.643. The Balaban J connectivity index is 2.28. The predicted octanol–water partition coefficient (Wildman–Crippen LogP) is 3.69. The van der Waals surface area contributed by atoms with Crippen molar-refractivity contribution in [2.45, 2.75) is 58.3 Å². The van der Waals surface area contributed by atoms with E-state index >= 15 is 0 Å². The molecular weight excluding hydrogens is 182 g/mol. The van der Waals surface area contributed by atoms with Crippen molar-refractivity contribution in [2.24, 2.45) is 0 Å². The lowest BCUT2D eigenvalue weighted by atomic mass is 9.92. The van der Waals surface area contributed by atoms with Gasteiger partial charge < -0.3 is 0 Å². The summed E-state index contributed by atoms with van der Waals surface area (Å²) in [6.07, 6.45) is 12.4. The Morgan fingerprint density at radius 1 is 1.13 bits per heavy atom. The minimum absolute atomic E-state index is 1.16. The highest BCUT2D eigenvalue weighted by Crippen LogP contribution is 2.22. The number of rotatable bonds is 2. The highest BCUT2D eigenvalue weighted by molar-refractivity contribution is 5.31. The van der Waals surface area contributed by atoms with Crippen LogP contribution in [0.5, 0.6) is 0 Å². The average Bonchev–Trinajstić information content (AvgIpc) is 2.20. The highest BCUT2D eigenvalue weighted by Gasteiger charge is 2.11. The van der Waals surface area contributed by atoms with Crippen LogP contribution in [0.4, 0.5) is 0 Å². The molecule has 0 atom stereocenters. The van der Waals surface area contributed by atoms with Crippen LogP contribution in [0.2, 0.25) is 0 Å². The van der Waals surface area contributed by atoms with Crippen LogP contribution in [0.25, 0.3) is 0 Å². The lowest BCUT2D eigenvalue weighted by Crippen LogP contribution is -2.05. The molecule has 0 saturated carbocycles. The molecule has 82 valence electrons. The minimum Gasteiger partial charge on any atom is -0.261 e. The van der Waals surface area contributed by atoms with E-state index in [0.29, 0.717) is 0 Å². The second-order valence-corrected chi connectivity index (χ2v) is 4.56. The minimum atomic E-state index is 1.16. The molecule has 1 heterocycles. The van der Waals surface area contributed by atoms with E-state index in [1.54, 1.807) is 11.1 Å². The number of aryl methyl sites for hydroxylation is 2. The van der Waals surface area contributed by atoms with E-state index in [2.05, 4.69) is 18.0 Å². The smallest absolute Gasteiger partial charge is 0.0438 e. The van der Waals surface area contributed by atoms with Gasteiger partial charge in [-0.15, -0.1) is 0 Å². The van der Waals surface area contributed by atoms with E-state index in [-0.39, 0.29) is 0 Å². The van der Waals surface area contributed by atoms with Crippen molar-refractivity contribution < 1.29 is 0 Å². The van der Waals surface area contributed by atoms with Crippen molar-refractivity contribution >= 4 is 0 Å². The molecule has 0 saturated heterocycles. The molecule has 1 aliphatic rings. The summed E-state index contributed by atoms with van der Waals surface area (Å²) in [6, 6.07) is 2.24. The lowest BCUT2D eigenvalue weighted by molar-refractivity contribution is 0.610. The van der Waals surface area contributed by atoms with Crippen LogP contribution in [-0.2, 0) is 19.3 Å². The number of aromatic nitrogens is 1. The fourth-order valence-corrected chi connectivity index (χ4v) is 2.54. The summed E-state index contributed by atoms with van der Waals surface area (Å²) in [7, 11) is 0. The maximum atomic E-state index is 4.55. The second kappa shape index (κ2) is 5.29. The predicted molar refractivity (Wildman–Crippen MR) is 64.1 cm³/mol. The largest absolute Gasteiger partial charge is 0.261 e. The summed E-state index contributed by atoms with van der Waals surface area (Å²) in [5.74, 6) is 0. The Labute approximate surface area is 92.9 Å². The number of pyridine rings is 1. The molecule has 1 nitrogen and oxygen atoms in total. The first-order valence-corrected chi connectivity index (χ1v) is 6.37. The van der Waals surface area contributed by atoms with Gasteiger partial charge in [-0.25, -0.2) is 0 Å². The van der Waals surface area contributed by atoms with Crippen LogP contribution in [0.1, 0.15) is 55.8 Å². The Hall–Kier alpha value is -0.850. The van der Waals surface area contributed by atoms with E-state index in [1.165, 1.54) is 50.6 Å². The van der Waals surface area contributed by atoms with Crippen LogP contribution in [0.15, 0.2) is 12.3 Å². The van der Waals surface area contributed by atoms with E-state index in [0.717, 1.165) is 6.42 Å². The average molecular weight is 203 g/mol. The van der Waals surface area contributed by atoms with Gasteiger partial charge in [0.2, 0.25) is 0 Å². The van der Waals surface area contributed by atoms with Crippen molar-refractivity contribution in [2.75, 3.05) is 0 Å². The maximum Gasteiger partial charge on any atom is 0.0438 e. The maximum absolute atomic E-state index is 4.55. The van der Waals surface area contributed by atoms with Gasteiger partial charge in [0.15, 0.2) is 0 Å². The van der Waals surface area contributed by atoms with Crippen LogP contribution < -0.4 is 0 Å². The number of hydrogen-bond acceptors (Lipinski definition) is 1. The Morgan fingerprint density at radius 2 is 1.93 bits per heavy atom. The Kier molecular flexibility index (Phi) is 3.76. The molecule has 0 aromatic carbocycles. The van der Waals surface area contributed by atoms with Gasteiger partial charge in [-0.2, -0.15) is 0 Å². The monoisotopic (exact) mass is 203 g/mol. The highest BCUT2D eigenvalue weighted by atomic mass is 14.7. The summed E-state index contributed by atoms with van der Waals surface area (Å²) in [6.45, 7) is 2.24. The first kappa shape index (κ1) is 10.7. The Bertz CT molecular complexity index is 303. The quantitative estimate of drug-likeness (QED) is 0.714. The van der Waals surface area contributed by atoms with E-state index < -0.39 is 0 Å². The normalized spacial score (nSPS) is 16.6. The molecule has 0 radical (unpaired) electrons. The molecule has 0 N–H and O–H groups in total. The second-order valence-electron chi connectivity index (χ2n) is 4.56. The van der Waals surface area contributed by atoms with Crippen molar-refractivity contribution in [3.8, 4) is 0 Å². The zero-order valence-electron chi connectivity index (χ0n) is 9.76. The van der Waals surface area contributed by atoms with E-state index in [4.69, 9.17) is 0 Å². The zero-order valence-corrected chi connectivity index (χ0v) is 9.76. The molecule has 1 aromatic rings. The third kappa shape index (κ3) is 2.58. The van der Waals surface area contributed by atoms with Gasteiger partial charge in [-0.3, -0.25) is 4.98 Å². The van der Waals surface area contributed by atoms with Gasteiger partial charge >= 0.3 is 0 Å². The SMILES string of the molecule is CCCc1nccc2c1CCCCCC2. The summed E-state index contributed by atoms with van der Waals surface area (Å²) >= 11 is 0. The van der Waals surface area contributed by atoms with Crippen LogP contribution >= 0.6 is 0 Å². The Morgan fingerprint density at radius 3 is 2.73 bits per heavy atom. The first-order valence-electron chi connectivity index (χ1n) is 6.37. The third-order valence-corrected chi connectivity index (χ3v) is 3.35. The molecule has 2 rings (SSSR count). The van der Waals surface area contributed by atoms with Crippen LogP contribution in [-0.4, -0.2) is 4.98 Å². The molecule has 1 heteroatoms. The van der Waals surface area contributed by atoms with Gasteiger partial charge in [0.1, 0.15) is 0 Å². The molecule has 0 fully saturated rings. The van der Waals surface area contributed by atoms with E-state index in [1.807, 2.05) is 6.20 Å². The zero-order chi connectivity index (χ0) is 10.5. The third-order valence-electron chi connectivity index (χ3n) is 3.35. The van der Waals surface area contributed by atoms with Crippen LogP contribution in [0.3, 0.4) is 0 Å². The first-order chi connectivity index (χ1) is 7.42. The van der Waals surface area contributed by atoms with Gasteiger partial charge in [-0.1, -0.05) is 26.2 Å². The molecule has 0 amide bonds. The lowest BCUT2D eigenvalue weighted by Gasteiger charge is -2.16.